The van der Waals surface area contributed by atoms with Crippen molar-refractivity contribution in [2.45, 2.75) is 31.7 Å². The average Bonchev–Trinajstić information content (AvgIpc) is 3.25. The molecule has 8 heteroatoms. The molecule has 0 aromatic heterocycles. The van der Waals surface area contributed by atoms with Gasteiger partial charge in [0.1, 0.15) is 12.3 Å². The lowest BCUT2D eigenvalue weighted by Gasteiger charge is -2.16. The van der Waals surface area contributed by atoms with Gasteiger partial charge in [-0.05, 0) is 55.2 Å². The van der Waals surface area contributed by atoms with Crippen molar-refractivity contribution < 1.29 is 23.9 Å². The Bertz CT molecular complexity index is 938. The lowest BCUT2D eigenvalue weighted by molar-refractivity contribution is -0.144. The summed E-state index contributed by atoms with van der Waals surface area (Å²) in [6.45, 7) is 0.192. The molecule has 4 aliphatic rings. The van der Waals surface area contributed by atoms with Crippen molar-refractivity contribution >= 4 is 23.6 Å². The maximum atomic E-state index is 12.7. The number of nitrogens with zero attached hydrogens (tertiary/aromatic N) is 1. The van der Waals surface area contributed by atoms with Gasteiger partial charge in [0, 0.05) is 12.6 Å². The third kappa shape index (κ3) is 4.13. The molecule has 4 unspecified atom stereocenters. The number of likely N-dealkylation sites (tertiary alicyclic amines) is 1. The smallest absolute Gasteiger partial charge is 0.258 e. The second-order valence-electron chi connectivity index (χ2n) is 9.14. The fraction of sp³-hybridized carbons (Fsp3) is 0.500. The van der Waals surface area contributed by atoms with Crippen LogP contribution in [0.3, 0.4) is 0 Å². The van der Waals surface area contributed by atoms with Gasteiger partial charge in [-0.2, -0.15) is 0 Å². The van der Waals surface area contributed by atoms with Gasteiger partial charge in [0.2, 0.25) is 17.7 Å². The summed E-state index contributed by atoms with van der Waals surface area (Å²) in [5, 5.41) is 5.67. The highest BCUT2D eigenvalue weighted by molar-refractivity contribution is 6.08. The molecule has 8 nitrogen and oxygen atoms in total. The van der Waals surface area contributed by atoms with E-state index in [0.717, 1.165) is 29.7 Å². The Hall–Kier alpha value is -3.16. The minimum absolute atomic E-state index is 0.000878. The van der Waals surface area contributed by atoms with Gasteiger partial charge in [-0.3, -0.25) is 24.1 Å². The number of amides is 4. The lowest BCUT2D eigenvalue weighted by Crippen LogP contribution is -2.42. The first-order valence-electron chi connectivity index (χ1n) is 11.3. The number of hydrogen-bond donors (Lipinski definition) is 2. The van der Waals surface area contributed by atoms with Crippen LogP contribution in [-0.4, -0.2) is 54.3 Å². The van der Waals surface area contributed by atoms with Crippen LogP contribution in [0.5, 0.6) is 5.75 Å². The third-order valence-corrected chi connectivity index (χ3v) is 6.83. The number of allylic oxidation sites excluding steroid dienone is 2. The van der Waals surface area contributed by atoms with Crippen LogP contribution < -0.4 is 15.4 Å². The number of nitrogens with one attached hydrogen (secondary N) is 2. The summed E-state index contributed by atoms with van der Waals surface area (Å²) in [5.74, 6) is -0.472. The van der Waals surface area contributed by atoms with Gasteiger partial charge in [0.05, 0.1) is 11.8 Å². The molecule has 4 amide bonds. The van der Waals surface area contributed by atoms with Crippen LogP contribution in [0.25, 0.3) is 0 Å². The number of carbonyl (C=O) groups is 4. The predicted molar refractivity (Wildman–Crippen MR) is 114 cm³/mol. The van der Waals surface area contributed by atoms with Gasteiger partial charge in [-0.1, -0.05) is 24.3 Å². The van der Waals surface area contributed by atoms with E-state index in [1.54, 1.807) is 12.1 Å². The second kappa shape index (κ2) is 8.41. The monoisotopic (exact) mass is 437 g/mol. The number of imide groups is 1. The molecule has 2 saturated carbocycles. The Balaban J connectivity index is 1.04. The van der Waals surface area contributed by atoms with Crippen LogP contribution in [0.2, 0.25) is 0 Å². The van der Waals surface area contributed by atoms with Gasteiger partial charge >= 0.3 is 0 Å². The summed E-state index contributed by atoms with van der Waals surface area (Å²) in [4.78, 5) is 50.5. The van der Waals surface area contributed by atoms with Crippen molar-refractivity contribution in [2.24, 2.45) is 23.7 Å². The number of ether oxygens (including phenoxy) is 1. The molecule has 4 atom stereocenters. The Kier molecular flexibility index (Phi) is 5.45. The van der Waals surface area contributed by atoms with E-state index in [0.29, 0.717) is 24.8 Å². The van der Waals surface area contributed by atoms with Gasteiger partial charge in [-0.15, -0.1) is 0 Å². The molecule has 32 heavy (non-hydrogen) atoms. The molecule has 2 N–H and O–H groups in total. The zero-order chi connectivity index (χ0) is 22.2. The Morgan fingerprint density at radius 2 is 1.62 bits per heavy atom. The number of carbonyl (C=O) groups excluding carboxylic acids is 4. The Labute approximate surface area is 186 Å². The molecular weight excluding hydrogens is 410 g/mol. The second-order valence-corrected chi connectivity index (χ2v) is 9.14. The zero-order valence-electron chi connectivity index (χ0n) is 17.8. The highest BCUT2D eigenvalue weighted by atomic mass is 16.5. The van der Waals surface area contributed by atoms with Crippen LogP contribution in [0.15, 0.2) is 36.4 Å². The molecule has 1 heterocycles. The van der Waals surface area contributed by atoms with Gasteiger partial charge in [0.25, 0.3) is 5.91 Å². The number of benzene rings is 1. The highest BCUT2D eigenvalue weighted by Crippen LogP contribution is 2.52. The largest absolute Gasteiger partial charge is 0.484 e. The van der Waals surface area contributed by atoms with E-state index in [1.165, 1.54) is 0 Å². The van der Waals surface area contributed by atoms with Crippen LogP contribution >= 0.6 is 0 Å². The molecule has 5 rings (SSSR count). The van der Waals surface area contributed by atoms with E-state index in [4.69, 9.17) is 4.74 Å². The molecule has 1 aromatic rings. The summed E-state index contributed by atoms with van der Waals surface area (Å²) >= 11 is 0. The molecule has 3 fully saturated rings. The minimum atomic E-state index is -0.325. The van der Waals surface area contributed by atoms with Crippen molar-refractivity contribution in [1.29, 1.82) is 0 Å². The van der Waals surface area contributed by atoms with Crippen LogP contribution in [0, 0.1) is 23.7 Å². The maximum Gasteiger partial charge on any atom is 0.258 e. The van der Waals surface area contributed by atoms with Crippen molar-refractivity contribution in [3.05, 3.63) is 42.0 Å². The first kappa shape index (κ1) is 20.7. The lowest BCUT2D eigenvalue weighted by atomic mass is 9.85. The van der Waals surface area contributed by atoms with Crippen molar-refractivity contribution in [2.75, 3.05) is 19.7 Å². The fourth-order valence-electron chi connectivity index (χ4n) is 5.06. The molecule has 2 bridgehead atoms. The van der Waals surface area contributed by atoms with Crippen LogP contribution in [0.1, 0.15) is 24.8 Å². The van der Waals surface area contributed by atoms with E-state index in [-0.39, 0.29) is 60.5 Å². The van der Waals surface area contributed by atoms with Gasteiger partial charge in [-0.25, -0.2) is 0 Å². The maximum absolute atomic E-state index is 12.7. The SMILES string of the molecule is O=C(CN1C(=O)C2C3C=CC(C3)C2C1=O)NCCc1ccc(OCC(=O)NC2CC2)cc1. The van der Waals surface area contributed by atoms with Crippen molar-refractivity contribution in [3.8, 4) is 5.75 Å². The topological polar surface area (TPSA) is 105 Å². The van der Waals surface area contributed by atoms with Crippen molar-refractivity contribution in [1.82, 2.24) is 15.5 Å². The van der Waals surface area contributed by atoms with Gasteiger partial charge in [0.15, 0.2) is 6.61 Å². The standard InChI is InChI=1S/C24H27N3O5/c28-19(12-27-23(30)21-15-3-4-16(11-15)22(21)24(27)31)25-10-9-14-1-7-18(8-2-14)32-13-20(29)26-17-5-6-17/h1-4,7-8,15-17,21-22H,5-6,9-13H2,(H,25,28)(H,26,29). The highest BCUT2D eigenvalue weighted by Gasteiger charge is 2.59. The zero-order valence-corrected chi connectivity index (χ0v) is 17.8. The minimum Gasteiger partial charge on any atom is -0.484 e. The number of rotatable bonds is 9. The first-order chi connectivity index (χ1) is 15.5. The fourth-order valence-corrected chi connectivity index (χ4v) is 5.06. The molecule has 1 aromatic carbocycles. The van der Waals surface area contributed by atoms with Crippen molar-refractivity contribution in [3.63, 3.8) is 0 Å². The summed E-state index contributed by atoms with van der Waals surface area (Å²) in [6.07, 6.45) is 7.65. The molecule has 1 aliphatic heterocycles. The van der Waals surface area contributed by atoms with E-state index in [2.05, 4.69) is 10.6 Å². The normalized spacial score (nSPS) is 27.6. The van der Waals surface area contributed by atoms with E-state index >= 15 is 0 Å². The third-order valence-electron chi connectivity index (χ3n) is 6.83. The Morgan fingerprint density at radius 3 is 2.25 bits per heavy atom. The summed E-state index contributed by atoms with van der Waals surface area (Å²) in [5.41, 5.74) is 1.01. The van der Waals surface area contributed by atoms with E-state index in [9.17, 15) is 19.2 Å². The summed E-state index contributed by atoms with van der Waals surface area (Å²) in [6, 6.07) is 7.68. The van der Waals surface area contributed by atoms with Gasteiger partial charge < -0.3 is 15.4 Å². The average molecular weight is 437 g/mol. The van der Waals surface area contributed by atoms with Crippen LogP contribution in [-0.2, 0) is 25.6 Å². The molecule has 0 spiro atoms. The molecule has 168 valence electrons. The molecular formula is C24H27N3O5. The Morgan fingerprint density at radius 1 is 0.969 bits per heavy atom. The predicted octanol–water partition coefficient (Wildman–Crippen LogP) is 0.810. The number of fused-ring (bicyclic) bond motifs is 5. The molecule has 0 radical (unpaired) electrons. The molecule has 3 aliphatic carbocycles. The number of hydrogen-bond acceptors (Lipinski definition) is 5. The summed E-state index contributed by atoms with van der Waals surface area (Å²) in [7, 11) is 0. The summed E-state index contributed by atoms with van der Waals surface area (Å²) < 4.78 is 5.48. The first-order valence-corrected chi connectivity index (χ1v) is 11.3. The van der Waals surface area contributed by atoms with Crippen LogP contribution in [0.4, 0.5) is 0 Å². The van der Waals surface area contributed by atoms with E-state index in [1.807, 2.05) is 24.3 Å². The molecule has 1 saturated heterocycles. The quantitative estimate of drug-likeness (QED) is 0.440. The van der Waals surface area contributed by atoms with E-state index < -0.39 is 0 Å².